The van der Waals surface area contributed by atoms with E-state index in [9.17, 15) is 4.79 Å². The molecule has 0 aliphatic heterocycles. The molecule has 0 radical (unpaired) electrons. The second kappa shape index (κ2) is 7.19. The van der Waals surface area contributed by atoms with Crippen LogP contribution in [0.2, 0.25) is 0 Å². The van der Waals surface area contributed by atoms with Gasteiger partial charge >= 0.3 is 0 Å². The van der Waals surface area contributed by atoms with Gasteiger partial charge in [-0.2, -0.15) is 0 Å². The summed E-state index contributed by atoms with van der Waals surface area (Å²) in [6.45, 7) is 7.25. The van der Waals surface area contributed by atoms with E-state index >= 15 is 0 Å². The smallest absolute Gasteiger partial charge is 0.270 e. The van der Waals surface area contributed by atoms with Gasteiger partial charge in [-0.25, -0.2) is 0 Å². The van der Waals surface area contributed by atoms with Crippen LogP contribution in [0.1, 0.15) is 30.8 Å². The predicted octanol–water partition coefficient (Wildman–Crippen LogP) is 1.50. The third kappa shape index (κ3) is 4.28. The highest BCUT2D eigenvalue weighted by Crippen LogP contribution is 2.13. The molecule has 0 aliphatic carbocycles. The van der Waals surface area contributed by atoms with E-state index in [2.05, 4.69) is 11.8 Å². The minimum absolute atomic E-state index is 0.0715. The third-order valence-electron chi connectivity index (χ3n) is 3.08. The number of carbonyl (C=O) groups excluding carboxylic acids is 1. The van der Waals surface area contributed by atoms with Crippen molar-refractivity contribution in [2.24, 2.45) is 0 Å². The first-order valence-electron chi connectivity index (χ1n) is 6.89. The summed E-state index contributed by atoms with van der Waals surface area (Å²) in [5.41, 5.74) is 7.12. The number of hydrogen-bond acceptors (Lipinski definition) is 3. The molecule has 0 atom stereocenters. The molecule has 0 saturated carbocycles. The van der Waals surface area contributed by atoms with Gasteiger partial charge in [0.25, 0.3) is 5.91 Å². The molecular weight excluding hydrogens is 240 g/mol. The molecule has 0 saturated heterocycles. The molecule has 1 aromatic rings. The van der Waals surface area contributed by atoms with Gasteiger partial charge in [0.2, 0.25) is 0 Å². The van der Waals surface area contributed by atoms with Crippen molar-refractivity contribution in [1.29, 1.82) is 0 Å². The van der Waals surface area contributed by atoms with Crippen molar-refractivity contribution < 1.29 is 4.79 Å². The van der Waals surface area contributed by atoms with Crippen LogP contribution in [-0.4, -0.2) is 54.0 Å². The summed E-state index contributed by atoms with van der Waals surface area (Å²) < 4.78 is 1.91. The molecule has 5 heteroatoms. The van der Waals surface area contributed by atoms with Crippen molar-refractivity contribution in [3.8, 4) is 0 Å². The molecule has 108 valence electrons. The Kier molecular flexibility index (Phi) is 5.89. The number of carbonyl (C=O) groups is 1. The molecule has 0 spiro atoms. The van der Waals surface area contributed by atoms with Crippen molar-refractivity contribution in [3.05, 3.63) is 18.0 Å². The standard InChI is InChI=1S/C14H26N4O/c1-5-7-18(9-8-16(3)4)14(19)13-10-12(15)11-17(13)6-2/h10-11H,5-9,15H2,1-4H3. The average Bonchev–Trinajstić information content (AvgIpc) is 2.74. The molecule has 2 N–H and O–H groups in total. The van der Waals surface area contributed by atoms with Crippen molar-refractivity contribution in [1.82, 2.24) is 14.4 Å². The zero-order chi connectivity index (χ0) is 14.4. The van der Waals surface area contributed by atoms with Gasteiger partial charge in [-0.3, -0.25) is 4.79 Å². The van der Waals surface area contributed by atoms with Crippen molar-refractivity contribution in [2.75, 3.05) is 39.5 Å². The second-order valence-electron chi connectivity index (χ2n) is 5.04. The lowest BCUT2D eigenvalue weighted by Gasteiger charge is -2.24. The third-order valence-corrected chi connectivity index (χ3v) is 3.08. The Labute approximate surface area is 116 Å². The number of rotatable bonds is 7. The van der Waals surface area contributed by atoms with E-state index in [1.807, 2.05) is 36.7 Å². The lowest BCUT2D eigenvalue weighted by Crippen LogP contribution is -2.38. The highest BCUT2D eigenvalue weighted by atomic mass is 16.2. The molecule has 0 bridgehead atoms. The van der Waals surface area contributed by atoms with Crippen LogP contribution in [0.15, 0.2) is 12.3 Å². The first-order valence-corrected chi connectivity index (χ1v) is 6.89. The molecule has 1 heterocycles. The van der Waals surface area contributed by atoms with Crippen LogP contribution in [0.3, 0.4) is 0 Å². The molecule has 0 aromatic carbocycles. The lowest BCUT2D eigenvalue weighted by molar-refractivity contribution is 0.0734. The van der Waals surface area contributed by atoms with E-state index in [-0.39, 0.29) is 5.91 Å². The fraction of sp³-hybridized carbons (Fsp3) is 0.643. The Hall–Kier alpha value is -1.49. The molecule has 0 unspecified atom stereocenters. The van der Waals surface area contributed by atoms with Crippen LogP contribution in [0, 0.1) is 0 Å². The number of hydrogen-bond donors (Lipinski definition) is 1. The molecule has 19 heavy (non-hydrogen) atoms. The van der Waals surface area contributed by atoms with Gasteiger partial charge in [0.05, 0.1) is 5.69 Å². The van der Waals surface area contributed by atoms with E-state index in [0.717, 1.165) is 32.6 Å². The zero-order valence-corrected chi connectivity index (χ0v) is 12.5. The second-order valence-corrected chi connectivity index (χ2v) is 5.04. The number of nitrogens with two attached hydrogens (primary N) is 1. The number of nitrogens with zero attached hydrogens (tertiary/aromatic N) is 3. The largest absolute Gasteiger partial charge is 0.397 e. The maximum Gasteiger partial charge on any atom is 0.270 e. The number of anilines is 1. The van der Waals surface area contributed by atoms with Crippen molar-refractivity contribution >= 4 is 11.6 Å². The van der Waals surface area contributed by atoms with Crippen LogP contribution in [0.4, 0.5) is 5.69 Å². The molecule has 1 rings (SSSR count). The normalized spacial score (nSPS) is 11.0. The zero-order valence-electron chi connectivity index (χ0n) is 12.5. The Balaban J connectivity index is 2.85. The van der Waals surface area contributed by atoms with Gasteiger partial charge in [0.15, 0.2) is 0 Å². The summed E-state index contributed by atoms with van der Waals surface area (Å²) in [5, 5.41) is 0. The molecule has 5 nitrogen and oxygen atoms in total. The molecular formula is C14H26N4O. The Bertz CT molecular complexity index is 412. The van der Waals surface area contributed by atoms with Gasteiger partial charge in [0.1, 0.15) is 5.69 Å². The quantitative estimate of drug-likeness (QED) is 0.814. The van der Waals surface area contributed by atoms with Gasteiger partial charge in [-0.05, 0) is 33.5 Å². The minimum Gasteiger partial charge on any atom is -0.397 e. The molecule has 1 amide bonds. The van der Waals surface area contributed by atoms with Gasteiger partial charge in [-0.15, -0.1) is 0 Å². The van der Waals surface area contributed by atoms with Gasteiger partial charge in [0, 0.05) is 32.4 Å². The summed E-state index contributed by atoms with van der Waals surface area (Å²) in [4.78, 5) is 16.6. The van der Waals surface area contributed by atoms with Gasteiger partial charge in [-0.1, -0.05) is 6.92 Å². The number of aryl methyl sites for hydroxylation is 1. The van der Waals surface area contributed by atoms with E-state index in [1.165, 1.54) is 0 Å². The van der Waals surface area contributed by atoms with Crippen molar-refractivity contribution in [3.63, 3.8) is 0 Å². The van der Waals surface area contributed by atoms with Crippen LogP contribution < -0.4 is 5.73 Å². The topological polar surface area (TPSA) is 54.5 Å². The maximum atomic E-state index is 12.6. The first kappa shape index (κ1) is 15.6. The first-order chi connectivity index (χ1) is 8.99. The summed E-state index contributed by atoms with van der Waals surface area (Å²) in [6.07, 6.45) is 2.78. The van der Waals surface area contributed by atoms with E-state index < -0.39 is 0 Å². The number of likely N-dealkylation sites (N-methyl/N-ethyl adjacent to an activating group) is 1. The summed E-state index contributed by atoms with van der Waals surface area (Å²) in [6, 6.07) is 1.77. The predicted molar refractivity (Wildman–Crippen MR) is 79.3 cm³/mol. The van der Waals surface area contributed by atoms with E-state index in [1.54, 1.807) is 6.07 Å². The fourth-order valence-corrected chi connectivity index (χ4v) is 2.04. The summed E-state index contributed by atoms with van der Waals surface area (Å²) >= 11 is 0. The SMILES string of the molecule is CCCN(CCN(C)C)C(=O)c1cc(N)cn1CC. The Morgan fingerprint density at radius 2 is 1.95 bits per heavy atom. The average molecular weight is 266 g/mol. The summed E-state index contributed by atoms with van der Waals surface area (Å²) in [5.74, 6) is 0.0715. The highest BCUT2D eigenvalue weighted by molar-refractivity contribution is 5.93. The molecule has 0 fully saturated rings. The lowest BCUT2D eigenvalue weighted by atomic mass is 10.3. The van der Waals surface area contributed by atoms with Crippen LogP contribution in [-0.2, 0) is 6.54 Å². The highest BCUT2D eigenvalue weighted by Gasteiger charge is 2.18. The maximum absolute atomic E-state index is 12.6. The Morgan fingerprint density at radius 3 is 2.47 bits per heavy atom. The number of aromatic nitrogens is 1. The van der Waals surface area contributed by atoms with Crippen LogP contribution >= 0.6 is 0 Å². The minimum atomic E-state index is 0.0715. The van der Waals surface area contributed by atoms with Crippen molar-refractivity contribution in [2.45, 2.75) is 26.8 Å². The molecule has 1 aromatic heterocycles. The van der Waals surface area contributed by atoms with Gasteiger partial charge < -0.3 is 20.1 Å². The van der Waals surface area contributed by atoms with E-state index in [0.29, 0.717) is 11.4 Å². The monoisotopic (exact) mass is 266 g/mol. The number of amides is 1. The Morgan fingerprint density at radius 1 is 1.26 bits per heavy atom. The van der Waals surface area contributed by atoms with Crippen LogP contribution in [0.5, 0.6) is 0 Å². The number of nitrogen functional groups attached to an aromatic ring is 1. The fourth-order valence-electron chi connectivity index (χ4n) is 2.04. The van der Waals surface area contributed by atoms with E-state index in [4.69, 9.17) is 5.73 Å². The van der Waals surface area contributed by atoms with Crippen LogP contribution in [0.25, 0.3) is 0 Å². The summed E-state index contributed by atoms with van der Waals surface area (Å²) in [7, 11) is 4.03. The molecule has 0 aliphatic rings.